The molecule has 1 rings (SSSR count). The smallest absolute Gasteiger partial charge is 0.187 e. The van der Waals surface area contributed by atoms with Gasteiger partial charge in [-0.3, -0.25) is 0 Å². The Balaban J connectivity index is 2.60. The molecule has 4 N–H and O–H groups in total. The van der Waals surface area contributed by atoms with Gasteiger partial charge in [-0.1, -0.05) is 6.08 Å². The molecule has 0 aromatic rings. The Bertz CT molecular complexity index is 207. The lowest BCUT2D eigenvalue weighted by Crippen LogP contribution is -2.59. The van der Waals surface area contributed by atoms with E-state index in [-0.39, 0.29) is 6.61 Å². The summed E-state index contributed by atoms with van der Waals surface area (Å²) < 4.78 is 10.1. The van der Waals surface area contributed by atoms with Gasteiger partial charge in [0.15, 0.2) is 6.29 Å². The Kier molecular flexibility index (Phi) is 4.65. The van der Waals surface area contributed by atoms with Crippen LogP contribution >= 0.6 is 0 Å². The third-order valence-electron chi connectivity index (χ3n) is 2.23. The van der Waals surface area contributed by atoms with Crippen LogP contribution in [0.15, 0.2) is 12.7 Å². The number of rotatable bonds is 4. The van der Waals surface area contributed by atoms with E-state index in [9.17, 15) is 15.3 Å². The van der Waals surface area contributed by atoms with Gasteiger partial charge in [-0.2, -0.15) is 0 Å². The second kappa shape index (κ2) is 5.55. The van der Waals surface area contributed by atoms with Gasteiger partial charge < -0.3 is 29.9 Å². The van der Waals surface area contributed by atoms with Gasteiger partial charge in [-0.05, 0) is 0 Å². The van der Waals surface area contributed by atoms with Crippen LogP contribution in [0.1, 0.15) is 0 Å². The summed E-state index contributed by atoms with van der Waals surface area (Å²) in [6.07, 6.45) is -4.64. The second-order valence-electron chi connectivity index (χ2n) is 3.32. The van der Waals surface area contributed by atoms with Gasteiger partial charge in [0.05, 0.1) is 13.2 Å². The minimum absolute atomic E-state index is 0.142. The van der Waals surface area contributed by atoms with Gasteiger partial charge >= 0.3 is 0 Å². The van der Waals surface area contributed by atoms with Crippen molar-refractivity contribution < 1.29 is 29.9 Å². The highest BCUT2D eigenvalue weighted by atomic mass is 16.7. The van der Waals surface area contributed by atoms with Crippen LogP contribution in [0.25, 0.3) is 0 Å². The largest absolute Gasteiger partial charge is 0.394 e. The molecule has 0 saturated carbocycles. The maximum Gasteiger partial charge on any atom is 0.187 e. The molecule has 1 fully saturated rings. The van der Waals surface area contributed by atoms with E-state index >= 15 is 0 Å². The molecule has 0 radical (unpaired) electrons. The molecule has 0 aromatic carbocycles. The number of ether oxygens (including phenoxy) is 2. The summed E-state index contributed by atoms with van der Waals surface area (Å²) in [5, 5.41) is 37.1. The Morgan fingerprint density at radius 1 is 1.20 bits per heavy atom. The zero-order chi connectivity index (χ0) is 11.4. The lowest BCUT2D eigenvalue weighted by molar-refractivity contribution is -0.298. The molecule has 1 heterocycles. The van der Waals surface area contributed by atoms with E-state index in [0.29, 0.717) is 0 Å². The van der Waals surface area contributed by atoms with Crippen molar-refractivity contribution in [2.75, 3.05) is 13.2 Å². The Labute approximate surface area is 87.4 Å². The van der Waals surface area contributed by atoms with Crippen LogP contribution in [0, 0.1) is 0 Å². The standard InChI is InChI=1S/C9H16O6/c1-2-3-14-9-8(13)7(12)6(11)5(4-10)15-9/h2,5-13H,1,3-4H2/t5-,6+,7+,8-,9-/m1/s1. The van der Waals surface area contributed by atoms with Gasteiger partial charge in [0.2, 0.25) is 0 Å². The summed E-state index contributed by atoms with van der Waals surface area (Å²) in [7, 11) is 0. The molecule has 0 amide bonds. The summed E-state index contributed by atoms with van der Waals surface area (Å²) in [6, 6.07) is 0. The molecule has 5 atom stereocenters. The first-order valence-corrected chi connectivity index (χ1v) is 4.64. The van der Waals surface area contributed by atoms with E-state index in [1.54, 1.807) is 0 Å². The molecule has 88 valence electrons. The summed E-state index contributed by atoms with van der Waals surface area (Å²) in [5.41, 5.74) is 0. The molecule has 0 unspecified atom stereocenters. The number of hydrogen-bond acceptors (Lipinski definition) is 6. The van der Waals surface area contributed by atoms with Crippen LogP contribution in [0.2, 0.25) is 0 Å². The van der Waals surface area contributed by atoms with Crippen LogP contribution in [0.3, 0.4) is 0 Å². The minimum Gasteiger partial charge on any atom is -0.394 e. The van der Waals surface area contributed by atoms with Crippen LogP contribution < -0.4 is 0 Å². The molecule has 0 aliphatic carbocycles. The number of aliphatic hydroxyl groups excluding tert-OH is 4. The first-order chi connectivity index (χ1) is 7.11. The van der Waals surface area contributed by atoms with Crippen LogP contribution in [0.4, 0.5) is 0 Å². The molecule has 15 heavy (non-hydrogen) atoms. The van der Waals surface area contributed by atoms with Crippen LogP contribution in [-0.4, -0.2) is 64.3 Å². The van der Waals surface area contributed by atoms with Gasteiger partial charge in [0, 0.05) is 0 Å². The molecule has 0 bridgehead atoms. The monoisotopic (exact) mass is 220 g/mol. The molecular formula is C9H16O6. The normalized spacial score (nSPS) is 41.5. The topological polar surface area (TPSA) is 99.4 Å². The highest BCUT2D eigenvalue weighted by Gasteiger charge is 2.43. The fraction of sp³-hybridized carbons (Fsp3) is 0.778. The van der Waals surface area contributed by atoms with Crippen molar-refractivity contribution in [2.24, 2.45) is 0 Å². The van der Waals surface area contributed by atoms with Crippen molar-refractivity contribution in [3.63, 3.8) is 0 Å². The Hall–Kier alpha value is -0.500. The van der Waals surface area contributed by atoms with Crippen molar-refractivity contribution >= 4 is 0 Å². The SMILES string of the molecule is C=CCO[C@@H]1O[C@H](CO)[C@H](O)[C@H](O)[C@H]1O. The summed E-state index contributed by atoms with van der Waals surface area (Å²) in [4.78, 5) is 0. The fourth-order valence-corrected chi connectivity index (χ4v) is 1.37. The molecule has 6 heteroatoms. The van der Waals surface area contributed by atoms with E-state index in [4.69, 9.17) is 14.6 Å². The average Bonchev–Trinajstić information content (AvgIpc) is 2.25. The zero-order valence-electron chi connectivity index (χ0n) is 8.19. The van der Waals surface area contributed by atoms with E-state index in [1.165, 1.54) is 6.08 Å². The maximum absolute atomic E-state index is 9.47. The molecular weight excluding hydrogens is 204 g/mol. The summed E-state index contributed by atoms with van der Waals surface area (Å²) in [6.45, 7) is 3.10. The van der Waals surface area contributed by atoms with Gasteiger partial charge in [0.1, 0.15) is 24.4 Å². The average molecular weight is 220 g/mol. The highest BCUT2D eigenvalue weighted by molar-refractivity contribution is 4.89. The molecule has 1 aliphatic rings. The number of aliphatic hydroxyl groups is 4. The van der Waals surface area contributed by atoms with Crippen LogP contribution in [-0.2, 0) is 9.47 Å². The van der Waals surface area contributed by atoms with E-state index in [2.05, 4.69) is 6.58 Å². The lowest BCUT2D eigenvalue weighted by atomic mass is 9.99. The second-order valence-corrected chi connectivity index (χ2v) is 3.32. The predicted molar refractivity (Wildman–Crippen MR) is 49.9 cm³/mol. The van der Waals surface area contributed by atoms with Crippen molar-refractivity contribution in [2.45, 2.75) is 30.7 Å². The molecule has 0 aromatic heterocycles. The van der Waals surface area contributed by atoms with Gasteiger partial charge in [-0.15, -0.1) is 6.58 Å². The fourth-order valence-electron chi connectivity index (χ4n) is 1.37. The highest BCUT2D eigenvalue weighted by Crippen LogP contribution is 2.21. The lowest BCUT2D eigenvalue weighted by Gasteiger charge is -2.39. The maximum atomic E-state index is 9.47. The van der Waals surface area contributed by atoms with Crippen molar-refractivity contribution in [3.8, 4) is 0 Å². The quantitative estimate of drug-likeness (QED) is 0.408. The Morgan fingerprint density at radius 3 is 2.40 bits per heavy atom. The van der Waals surface area contributed by atoms with E-state index < -0.39 is 37.3 Å². The third-order valence-corrected chi connectivity index (χ3v) is 2.23. The minimum atomic E-state index is -1.40. The van der Waals surface area contributed by atoms with Crippen molar-refractivity contribution in [3.05, 3.63) is 12.7 Å². The molecule has 1 saturated heterocycles. The Morgan fingerprint density at radius 2 is 1.87 bits per heavy atom. The van der Waals surface area contributed by atoms with Crippen molar-refractivity contribution in [1.29, 1.82) is 0 Å². The molecule has 1 aliphatic heterocycles. The summed E-state index contributed by atoms with van der Waals surface area (Å²) >= 11 is 0. The number of hydrogen-bond donors (Lipinski definition) is 4. The van der Waals surface area contributed by atoms with Crippen LogP contribution in [0.5, 0.6) is 0 Å². The molecule has 0 spiro atoms. The first-order valence-electron chi connectivity index (χ1n) is 4.64. The van der Waals surface area contributed by atoms with Crippen molar-refractivity contribution in [1.82, 2.24) is 0 Å². The van der Waals surface area contributed by atoms with Gasteiger partial charge in [-0.25, -0.2) is 0 Å². The third kappa shape index (κ3) is 2.75. The van der Waals surface area contributed by atoms with E-state index in [0.717, 1.165) is 0 Å². The summed E-state index contributed by atoms with van der Waals surface area (Å²) in [5.74, 6) is 0. The van der Waals surface area contributed by atoms with Gasteiger partial charge in [0.25, 0.3) is 0 Å². The zero-order valence-corrected chi connectivity index (χ0v) is 8.19. The first kappa shape index (κ1) is 12.6. The predicted octanol–water partition coefficient (Wildman–Crippen LogP) is -2.01. The van der Waals surface area contributed by atoms with E-state index in [1.807, 2.05) is 0 Å². The molecule has 6 nitrogen and oxygen atoms in total.